The number of benzene rings is 1. The summed E-state index contributed by atoms with van der Waals surface area (Å²) >= 11 is 5.14. The minimum atomic E-state index is -0.905. The molecule has 0 spiro atoms. The van der Waals surface area contributed by atoms with E-state index in [0.717, 1.165) is 18.4 Å². The fourth-order valence-electron chi connectivity index (χ4n) is 2.16. The number of thiocarbonyl (C=S) groups is 1. The Morgan fingerprint density at radius 1 is 1.38 bits per heavy atom. The van der Waals surface area contributed by atoms with Gasteiger partial charge in [-0.15, -0.1) is 0 Å². The van der Waals surface area contributed by atoms with Gasteiger partial charge in [0.05, 0.1) is 5.69 Å². The van der Waals surface area contributed by atoms with Gasteiger partial charge in [-0.2, -0.15) is 0 Å². The fourth-order valence-corrected chi connectivity index (χ4v) is 2.46. The number of aliphatic imine (C=N–C) groups is 1. The van der Waals surface area contributed by atoms with Gasteiger partial charge in [-0.1, -0.05) is 12.1 Å². The van der Waals surface area contributed by atoms with Crippen molar-refractivity contribution in [2.75, 3.05) is 4.90 Å². The normalized spacial score (nSPS) is 22.8. The van der Waals surface area contributed by atoms with Crippen LogP contribution in [0.5, 0.6) is 0 Å². The Bertz CT molecular complexity index is 652. The van der Waals surface area contributed by atoms with E-state index in [2.05, 4.69) is 10.3 Å². The van der Waals surface area contributed by atoms with E-state index >= 15 is 0 Å². The molecule has 1 aliphatic carbocycles. The zero-order valence-corrected chi connectivity index (χ0v) is 12.4. The molecule has 2 amide bonds. The molecule has 1 aromatic rings. The predicted octanol–water partition coefficient (Wildman–Crippen LogP) is 1.59. The maximum absolute atomic E-state index is 12.6. The summed E-state index contributed by atoms with van der Waals surface area (Å²) in [6, 6.07) is 7.71. The highest BCUT2D eigenvalue weighted by atomic mass is 32.1. The number of anilines is 1. The van der Waals surface area contributed by atoms with E-state index in [1.54, 1.807) is 6.07 Å². The molecule has 0 aromatic heterocycles. The third-order valence-electron chi connectivity index (χ3n) is 3.45. The van der Waals surface area contributed by atoms with E-state index in [1.165, 1.54) is 11.1 Å². The Morgan fingerprint density at radius 2 is 2.14 bits per heavy atom. The van der Waals surface area contributed by atoms with Crippen LogP contribution in [-0.2, 0) is 9.59 Å². The molecule has 108 valence electrons. The van der Waals surface area contributed by atoms with E-state index < -0.39 is 11.8 Å². The van der Waals surface area contributed by atoms with Crippen LogP contribution in [-0.4, -0.2) is 29.2 Å². The molecule has 1 saturated heterocycles. The van der Waals surface area contributed by atoms with Gasteiger partial charge in [0.25, 0.3) is 5.91 Å². The molecular weight excluding hydrogens is 286 g/mol. The van der Waals surface area contributed by atoms with Crippen LogP contribution in [0, 0.1) is 12.8 Å². The number of amides is 2. The lowest BCUT2D eigenvalue weighted by molar-refractivity contribution is -0.130. The maximum Gasteiger partial charge on any atom is 0.251 e. The summed E-state index contributed by atoms with van der Waals surface area (Å²) < 4.78 is 0. The van der Waals surface area contributed by atoms with Gasteiger partial charge in [-0.25, -0.2) is 0 Å². The maximum atomic E-state index is 12.6. The highest BCUT2D eigenvalue weighted by molar-refractivity contribution is 7.80. The predicted molar refractivity (Wildman–Crippen MR) is 84.4 cm³/mol. The first-order valence-corrected chi connectivity index (χ1v) is 7.26. The molecule has 1 heterocycles. The second kappa shape index (κ2) is 5.37. The van der Waals surface area contributed by atoms with E-state index in [0.29, 0.717) is 5.69 Å². The van der Waals surface area contributed by atoms with Crippen LogP contribution in [0.15, 0.2) is 29.3 Å². The lowest BCUT2D eigenvalue weighted by Gasteiger charge is -2.31. The van der Waals surface area contributed by atoms with Crippen molar-refractivity contribution in [1.82, 2.24) is 5.32 Å². The van der Waals surface area contributed by atoms with Crippen molar-refractivity contribution in [1.29, 1.82) is 0 Å². The number of carbonyl (C=O) groups is 2. The van der Waals surface area contributed by atoms with Crippen LogP contribution >= 0.6 is 12.2 Å². The zero-order chi connectivity index (χ0) is 15.0. The Labute approximate surface area is 128 Å². The number of aryl methyl sites for hydroxylation is 1. The summed E-state index contributed by atoms with van der Waals surface area (Å²) in [6.07, 6.45) is 3.51. The zero-order valence-electron chi connectivity index (χ0n) is 11.6. The fraction of sp³-hybridized carbons (Fsp3) is 0.333. The van der Waals surface area contributed by atoms with Gasteiger partial charge in [-0.3, -0.25) is 19.5 Å². The number of rotatable bonds is 3. The first-order chi connectivity index (χ1) is 10.1. The van der Waals surface area contributed by atoms with Crippen LogP contribution in [0.2, 0.25) is 0 Å². The Balaban J connectivity index is 1.90. The number of nitrogens with zero attached hydrogens (tertiary/aromatic N) is 2. The molecular formula is C15H15N3O2S. The first-order valence-electron chi connectivity index (χ1n) is 6.85. The first kappa shape index (κ1) is 13.9. The van der Waals surface area contributed by atoms with Gasteiger partial charge in [0.15, 0.2) is 11.0 Å². The summed E-state index contributed by atoms with van der Waals surface area (Å²) in [6.45, 7) is 1.94. The highest BCUT2D eigenvalue weighted by Gasteiger charge is 2.38. The highest BCUT2D eigenvalue weighted by Crippen LogP contribution is 2.25. The molecule has 6 heteroatoms. The smallest absolute Gasteiger partial charge is 0.251 e. The van der Waals surface area contributed by atoms with Crippen molar-refractivity contribution in [3.63, 3.8) is 0 Å². The second-order valence-electron chi connectivity index (χ2n) is 5.31. The summed E-state index contributed by atoms with van der Waals surface area (Å²) in [7, 11) is 0. The number of hydrogen-bond acceptors (Lipinski definition) is 4. The molecule has 2 aliphatic rings. The van der Waals surface area contributed by atoms with Gasteiger partial charge >= 0.3 is 0 Å². The summed E-state index contributed by atoms with van der Waals surface area (Å²) in [5.74, 6) is -1.66. The Hall–Kier alpha value is -2.08. The van der Waals surface area contributed by atoms with Gasteiger partial charge in [0.2, 0.25) is 5.91 Å². The molecule has 5 nitrogen and oxygen atoms in total. The summed E-state index contributed by atoms with van der Waals surface area (Å²) in [4.78, 5) is 30.2. The number of carbonyl (C=O) groups excluding carboxylic acids is 2. The van der Waals surface area contributed by atoms with Crippen molar-refractivity contribution in [2.24, 2.45) is 10.9 Å². The van der Waals surface area contributed by atoms with Crippen molar-refractivity contribution >= 4 is 41.0 Å². The second-order valence-corrected chi connectivity index (χ2v) is 5.70. The SMILES string of the molecule is Cc1cccc(N2C(=O)[C@H](C=NC3CC3)C(=O)NC2=S)c1. The molecule has 0 unspecified atom stereocenters. The van der Waals surface area contributed by atoms with E-state index in [9.17, 15) is 9.59 Å². The molecule has 3 rings (SSSR count). The van der Waals surface area contributed by atoms with Gasteiger partial charge in [-0.05, 0) is 49.7 Å². The van der Waals surface area contributed by atoms with Crippen molar-refractivity contribution in [3.05, 3.63) is 29.8 Å². The quantitative estimate of drug-likeness (QED) is 0.524. The van der Waals surface area contributed by atoms with E-state index in [1.807, 2.05) is 25.1 Å². The summed E-state index contributed by atoms with van der Waals surface area (Å²) in [5, 5.41) is 2.70. The minimum Gasteiger partial charge on any atom is -0.301 e. The van der Waals surface area contributed by atoms with E-state index in [4.69, 9.17) is 12.2 Å². The topological polar surface area (TPSA) is 61.8 Å². The van der Waals surface area contributed by atoms with Crippen molar-refractivity contribution in [3.8, 4) is 0 Å². The lowest BCUT2D eigenvalue weighted by atomic mass is 10.1. The Kier molecular flexibility index (Phi) is 3.55. The monoisotopic (exact) mass is 301 g/mol. The third kappa shape index (κ3) is 2.85. The average Bonchev–Trinajstić information content (AvgIpc) is 3.22. The van der Waals surface area contributed by atoms with Crippen LogP contribution in [0.3, 0.4) is 0 Å². The molecule has 1 aromatic carbocycles. The standard InChI is InChI=1S/C15H15N3O2S/c1-9-3-2-4-11(7-9)18-14(20)12(8-16-10-5-6-10)13(19)17-15(18)21/h2-4,7-8,10,12H,5-6H2,1H3,(H,17,19,21)/t12-/m1/s1. The summed E-state index contributed by atoms with van der Waals surface area (Å²) in [5.41, 5.74) is 1.68. The van der Waals surface area contributed by atoms with Crippen molar-refractivity contribution < 1.29 is 9.59 Å². The Morgan fingerprint density at radius 3 is 2.81 bits per heavy atom. The van der Waals surface area contributed by atoms with Crippen LogP contribution in [0.1, 0.15) is 18.4 Å². The van der Waals surface area contributed by atoms with Gasteiger partial charge in [0, 0.05) is 12.3 Å². The third-order valence-corrected chi connectivity index (χ3v) is 3.74. The molecule has 21 heavy (non-hydrogen) atoms. The van der Waals surface area contributed by atoms with Crippen LogP contribution in [0.4, 0.5) is 5.69 Å². The van der Waals surface area contributed by atoms with Gasteiger partial charge < -0.3 is 5.32 Å². The van der Waals surface area contributed by atoms with Crippen LogP contribution < -0.4 is 10.2 Å². The minimum absolute atomic E-state index is 0.117. The van der Waals surface area contributed by atoms with E-state index in [-0.39, 0.29) is 17.1 Å². The average molecular weight is 301 g/mol. The molecule has 2 fully saturated rings. The largest absolute Gasteiger partial charge is 0.301 e. The molecule has 1 N–H and O–H groups in total. The van der Waals surface area contributed by atoms with Crippen molar-refractivity contribution in [2.45, 2.75) is 25.8 Å². The molecule has 1 aliphatic heterocycles. The molecule has 0 radical (unpaired) electrons. The molecule has 1 saturated carbocycles. The number of nitrogens with one attached hydrogen (secondary N) is 1. The van der Waals surface area contributed by atoms with Crippen LogP contribution in [0.25, 0.3) is 0 Å². The number of hydrogen-bond donors (Lipinski definition) is 1. The lowest BCUT2D eigenvalue weighted by Crippen LogP contribution is -2.58. The van der Waals surface area contributed by atoms with Gasteiger partial charge in [0.1, 0.15) is 0 Å². The molecule has 1 atom stereocenters. The molecule has 0 bridgehead atoms.